The molecule has 2 fully saturated rings. The fourth-order valence-corrected chi connectivity index (χ4v) is 2.33. The molecule has 0 radical (unpaired) electrons. The molecule has 0 aromatic carbocycles. The molecule has 2 aliphatic rings. The molecule has 0 bridgehead atoms. The second kappa shape index (κ2) is 10.8. The number of cyclic esters (lactones) is 1. The first kappa shape index (κ1) is 19.2. The van der Waals surface area contributed by atoms with Crippen molar-refractivity contribution in [1.82, 2.24) is 14.7 Å². The zero-order valence-electron chi connectivity index (χ0n) is 13.5. The summed E-state index contributed by atoms with van der Waals surface area (Å²) in [4.78, 5) is 37.1. The molecule has 23 heavy (non-hydrogen) atoms. The standard InChI is InChI=1S/C13H23N3O4.CH2O2/c1-14(3-2-4-15-5-8-19-9-6-15)12(17)11-16-7-10-20-13(16)18;2-1-3/h2-11H2,1H3;1H,(H,2,3). The van der Waals surface area contributed by atoms with Crippen molar-refractivity contribution in [3.63, 3.8) is 0 Å². The third kappa shape index (κ3) is 7.29. The second-order valence-corrected chi connectivity index (χ2v) is 5.26. The Hall–Kier alpha value is -1.87. The molecule has 2 saturated heterocycles. The summed E-state index contributed by atoms with van der Waals surface area (Å²) in [5.41, 5.74) is 0. The monoisotopic (exact) mass is 331 g/mol. The number of amides is 2. The van der Waals surface area contributed by atoms with Crippen LogP contribution in [0.5, 0.6) is 0 Å². The first-order valence-corrected chi connectivity index (χ1v) is 7.62. The van der Waals surface area contributed by atoms with Gasteiger partial charge in [-0.15, -0.1) is 0 Å². The topological polar surface area (TPSA) is 99.6 Å². The van der Waals surface area contributed by atoms with E-state index in [9.17, 15) is 9.59 Å². The van der Waals surface area contributed by atoms with Crippen LogP contribution in [-0.4, -0.2) is 104 Å². The number of hydrogen-bond acceptors (Lipinski definition) is 6. The highest BCUT2D eigenvalue weighted by Crippen LogP contribution is 2.04. The summed E-state index contributed by atoms with van der Waals surface area (Å²) < 4.78 is 10.1. The van der Waals surface area contributed by atoms with Crippen molar-refractivity contribution >= 4 is 18.5 Å². The number of ether oxygens (including phenoxy) is 2. The SMILES string of the molecule is CN(CCCN1CCOCC1)C(=O)CN1CCOC1=O.O=CO. The minimum atomic E-state index is -0.389. The van der Waals surface area contributed by atoms with Crippen molar-refractivity contribution in [1.29, 1.82) is 0 Å². The summed E-state index contributed by atoms with van der Waals surface area (Å²) in [6.45, 7) is 5.98. The van der Waals surface area contributed by atoms with Gasteiger partial charge in [-0.3, -0.25) is 19.4 Å². The predicted molar refractivity (Wildman–Crippen MR) is 81.1 cm³/mol. The maximum absolute atomic E-state index is 12.0. The minimum absolute atomic E-state index is 0.0363. The van der Waals surface area contributed by atoms with Gasteiger partial charge in [-0.1, -0.05) is 0 Å². The Bertz CT molecular complexity index is 387. The number of likely N-dealkylation sites (N-methyl/N-ethyl adjacent to an activating group) is 1. The van der Waals surface area contributed by atoms with E-state index in [1.165, 1.54) is 4.90 Å². The van der Waals surface area contributed by atoms with Gasteiger partial charge < -0.3 is 19.5 Å². The van der Waals surface area contributed by atoms with Crippen LogP contribution >= 0.6 is 0 Å². The summed E-state index contributed by atoms with van der Waals surface area (Å²) in [5, 5.41) is 6.89. The molecule has 0 unspecified atom stereocenters. The number of hydrogen-bond donors (Lipinski definition) is 1. The van der Waals surface area contributed by atoms with E-state index >= 15 is 0 Å². The van der Waals surface area contributed by atoms with Gasteiger partial charge in [0.25, 0.3) is 6.47 Å². The summed E-state index contributed by atoms with van der Waals surface area (Å²) in [6.07, 6.45) is 0.548. The molecule has 132 valence electrons. The van der Waals surface area contributed by atoms with E-state index in [1.807, 2.05) is 0 Å². The van der Waals surface area contributed by atoms with Crippen LogP contribution in [0.2, 0.25) is 0 Å². The fraction of sp³-hybridized carbons (Fsp3) is 0.786. The highest BCUT2D eigenvalue weighted by molar-refractivity contribution is 5.82. The molecule has 0 spiro atoms. The quantitative estimate of drug-likeness (QED) is 0.644. The van der Waals surface area contributed by atoms with Gasteiger partial charge >= 0.3 is 6.09 Å². The van der Waals surface area contributed by atoms with Crippen molar-refractivity contribution in [3.05, 3.63) is 0 Å². The maximum atomic E-state index is 12.0. The lowest BCUT2D eigenvalue weighted by Gasteiger charge is -2.27. The van der Waals surface area contributed by atoms with E-state index in [1.54, 1.807) is 11.9 Å². The van der Waals surface area contributed by atoms with Crippen LogP contribution in [0.4, 0.5) is 4.79 Å². The maximum Gasteiger partial charge on any atom is 0.410 e. The van der Waals surface area contributed by atoms with Gasteiger partial charge in [0.2, 0.25) is 5.91 Å². The van der Waals surface area contributed by atoms with Crippen LogP contribution in [0, 0.1) is 0 Å². The molecular weight excluding hydrogens is 306 g/mol. The molecule has 9 heteroatoms. The Labute approximate surface area is 135 Å². The van der Waals surface area contributed by atoms with E-state index in [4.69, 9.17) is 19.4 Å². The Morgan fingerprint density at radius 1 is 1.30 bits per heavy atom. The van der Waals surface area contributed by atoms with Gasteiger partial charge in [0.05, 0.1) is 19.8 Å². The minimum Gasteiger partial charge on any atom is -0.483 e. The van der Waals surface area contributed by atoms with Gasteiger partial charge in [0.15, 0.2) is 0 Å². The molecule has 2 rings (SSSR count). The van der Waals surface area contributed by atoms with Crippen LogP contribution in [-0.2, 0) is 19.1 Å². The summed E-state index contributed by atoms with van der Waals surface area (Å²) in [6, 6.07) is 0. The van der Waals surface area contributed by atoms with E-state index < -0.39 is 0 Å². The third-order valence-corrected chi connectivity index (χ3v) is 3.67. The fourth-order valence-electron chi connectivity index (χ4n) is 2.33. The normalized spacial score (nSPS) is 18.0. The van der Waals surface area contributed by atoms with Gasteiger partial charge in [0, 0.05) is 33.2 Å². The summed E-state index contributed by atoms with van der Waals surface area (Å²) in [7, 11) is 1.78. The first-order chi connectivity index (χ1) is 11.1. The van der Waals surface area contributed by atoms with Crippen molar-refractivity contribution in [2.45, 2.75) is 6.42 Å². The molecule has 2 heterocycles. The number of carbonyl (C=O) groups is 3. The Morgan fingerprint density at radius 2 is 1.96 bits per heavy atom. The lowest BCUT2D eigenvalue weighted by Crippen LogP contribution is -2.41. The highest BCUT2D eigenvalue weighted by atomic mass is 16.6. The number of carbonyl (C=O) groups excluding carboxylic acids is 2. The molecule has 9 nitrogen and oxygen atoms in total. The largest absolute Gasteiger partial charge is 0.483 e. The smallest absolute Gasteiger partial charge is 0.410 e. The number of morpholine rings is 1. The highest BCUT2D eigenvalue weighted by Gasteiger charge is 2.25. The lowest BCUT2D eigenvalue weighted by atomic mass is 10.3. The van der Waals surface area contributed by atoms with Gasteiger partial charge in [-0.2, -0.15) is 0 Å². The van der Waals surface area contributed by atoms with Gasteiger partial charge in [-0.25, -0.2) is 4.79 Å². The summed E-state index contributed by atoms with van der Waals surface area (Å²) >= 11 is 0. The van der Waals surface area contributed by atoms with Crippen LogP contribution in [0.25, 0.3) is 0 Å². The number of rotatable bonds is 6. The van der Waals surface area contributed by atoms with Crippen LogP contribution in [0.15, 0.2) is 0 Å². The average Bonchev–Trinajstić information content (AvgIpc) is 2.94. The molecular formula is C14H25N3O6. The molecule has 2 amide bonds. The molecule has 0 aliphatic carbocycles. The van der Waals surface area contributed by atoms with Crippen molar-refractivity contribution in [2.75, 3.05) is 66.1 Å². The van der Waals surface area contributed by atoms with Crippen molar-refractivity contribution < 1.29 is 29.0 Å². The van der Waals surface area contributed by atoms with Crippen LogP contribution in [0.1, 0.15) is 6.42 Å². The van der Waals surface area contributed by atoms with Gasteiger partial charge in [-0.05, 0) is 6.42 Å². The van der Waals surface area contributed by atoms with Crippen LogP contribution < -0.4 is 0 Å². The average molecular weight is 331 g/mol. The van der Waals surface area contributed by atoms with E-state index in [2.05, 4.69) is 4.90 Å². The Morgan fingerprint density at radius 3 is 2.52 bits per heavy atom. The van der Waals surface area contributed by atoms with E-state index in [0.29, 0.717) is 19.7 Å². The van der Waals surface area contributed by atoms with E-state index in [0.717, 1.165) is 39.3 Å². The molecule has 0 saturated carbocycles. The van der Waals surface area contributed by atoms with Gasteiger partial charge in [0.1, 0.15) is 13.2 Å². The first-order valence-electron chi connectivity index (χ1n) is 7.62. The second-order valence-electron chi connectivity index (χ2n) is 5.26. The third-order valence-electron chi connectivity index (χ3n) is 3.67. The Balaban J connectivity index is 0.000000816. The zero-order chi connectivity index (χ0) is 17.1. The Kier molecular flexibility index (Phi) is 9.00. The molecule has 0 aromatic rings. The molecule has 0 aromatic heterocycles. The summed E-state index contributed by atoms with van der Waals surface area (Å²) in [5.74, 6) is -0.0363. The number of carboxylic acid groups (broad SMARTS) is 1. The lowest BCUT2D eigenvalue weighted by molar-refractivity contribution is -0.130. The van der Waals surface area contributed by atoms with Crippen LogP contribution in [0.3, 0.4) is 0 Å². The molecule has 2 aliphatic heterocycles. The zero-order valence-corrected chi connectivity index (χ0v) is 13.5. The van der Waals surface area contributed by atoms with Crippen molar-refractivity contribution in [2.24, 2.45) is 0 Å². The molecule has 1 N–H and O–H groups in total. The molecule has 0 atom stereocenters. The van der Waals surface area contributed by atoms with E-state index in [-0.39, 0.29) is 25.0 Å². The number of nitrogens with zero attached hydrogens (tertiary/aromatic N) is 3. The predicted octanol–water partition coefficient (Wildman–Crippen LogP) is -0.680. The van der Waals surface area contributed by atoms with Crippen molar-refractivity contribution in [3.8, 4) is 0 Å².